The Kier molecular flexibility index (Phi) is 5.79. The zero-order valence-electron chi connectivity index (χ0n) is 17.8. The first-order valence-electron chi connectivity index (χ1n) is 10.5. The minimum Gasteiger partial charge on any atom is -0.340 e. The second-order valence-electron chi connectivity index (χ2n) is 7.93. The summed E-state index contributed by atoms with van der Waals surface area (Å²) in [6.45, 7) is 7.35. The normalized spacial score (nSPS) is 16.1. The highest BCUT2D eigenvalue weighted by Crippen LogP contribution is 2.33. The lowest BCUT2D eigenvalue weighted by Gasteiger charge is -2.25. The van der Waals surface area contributed by atoms with E-state index in [4.69, 9.17) is 4.98 Å². The lowest BCUT2D eigenvalue weighted by atomic mass is 10.1. The van der Waals surface area contributed by atoms with E-state index >= 15 is 0 Å². The molecule has 30 heavy (non-hydrogen) atoms. The lowest BCUT2D eigenvalue weighted by Crippen LogP contribution is -2.31. The third kappa shape index (κ3) is 4.50. The van der Waals surface area contributed by atoms with Gasteiger partial charge >= 0.3 is 0 Å². The molecule has 1 aliphatic heterocycles. The second-order valence-corrected chi connectivity index (χ2v) is 7.93. The van der Waals surface area contributed by atoms with E-state index in [1.165, 1.54) is 0 Å². The highest BCUT2D eigenvalue weighted by Gasteiger charge is 2.31. The first kappa shape index (κ1) is 20.1. The zero-order valence-corrected chi connectivity index (χ0v) is 17.8. The molecule has 0 radical (unpaired) electrons. The lowest BCUT2D eigenvalue weighted by molar-refractivity contribution is -0.132. The Hall–Kier alpha value is -3.22. The van der Waals surface area contributed by atoms with Gasteiger partial charge in [0.15, 0.2) is 0 Å². The monoisotopic (exact) mass is 404 g/mol. The number of carbonyl (C=O) groups is 1. The molecule has 3 aromatic heterocycles. The van der Waals surface area contributed by atoms with Crippen molar-refractivity contribution in [3.8, 4) is 0 Å². The molecule has 0 bridgehead atoms. The number of likely N-dealkylation sites (tertiary alicyclic amines) is 1. The average Bonchev–Trinajstić information content (AvgIpc) is 3.36. The molecular weight excluding hydrogens is 376 g/mol. The number of aromatic nitrogens is 4. The number of hydrogen-bond donors (Lipinski definition) is 1. The van der Waals surface area contributed by atoms with Crippen LogP contribution in [0.25, 0.3) is 0 Å². The van der Waals surface area contributed by atoms with Crippen LogP contribution in [0.3, 0.4) is 0 Å². The number of carbonyl (C=O) groups excluding carboxylic acids is 1. The largest absolute Gasteiger partial charge is 0.340 e. The summed E-state index contributed by atoms with van der Waals surface area (Å²) in [5.41, 5.74) is 4.86. The standard InChI is InChI=1S/C23H28N6O/c1-16-6-4-10-24-23(16)26-19-14-18(3)25-20(15-19)21-7-5-11-29(21)22(30)9-13-28-12-8-17(2)27-28/h4,6,8,10,12,14-15,21H,5,7,9,11,13H2,1-3H3,(H,24,25,26)/t21-/m1/s1. The molecule has 0 aromatic carbocycles. The van der Waals surface area contributed by atoms with Gasteiger partial charge in [0.1, 0.15) is 5.82 Å². The van der Waals surface area contributed by atoms with Gasteiger partial charge in [0.05, 0.1) is 17.4 Å². The van der Waals surface area contributed by atoms with Crippen LogP contribution in [0.5, 0.6) is 0 Å². The summed E-state index contributed by atoms with van der Waals surface area (Å²) < 4.78 is 1.83. The van der Waals surface area contributed by atoms with Crippen LogP contribution < -0.4 is 5.32 Å². The van der Waals surface area contributed by atoms with Crippen LogP contribution in [-0.2, 0) is 11.3 Å². The Morgan fingerprint density at radius 2 is 2.07 bits per heavy atom. The molecule has 1 saturated heterocycles. The van der Waals surface area contributed by atoms with E-state index in [1.807, 2.05) is 66.9 Å². The maximum atomic E-state index is 12.9. The van der Waals surface area contributed by atoms with Gasteiger partial charge in [-0.25, -0.2) is 4.98 Å². The number of rotatable bonds is 6. The minimum absolute atomic E-state index is 0.0159. The first-order chi connectivity index (χ1) is 14.5. The van der Waals surface area contributed by atoms with E-state index in [-0.39, 0.29) is 11.9 Å². The minimum atomic E-state index is 0.0159. The van der Waals surface area contributed by atoms with Crippen molar-refractivity contribution in [2.24, 2.45) is 0 Å². The third-order valence-electron chi connectivity index (χ3n) is 5.49. The molecule has 0 aliphatic carbocycles. The van der Waals surface area contributed by atoms with Gasteiger partial charge in [-0.05, 0) is 63.4 Å². The van der Waals surface area contributed by atoms with Crippen molar-refractivity contribution in [3.63, 3.8) is 0 Å². The molecule has 4 rings (SSSR count). The molecule has 1 fully saturated rings. The van der Waals surface area contributed by atoms with Gasteiger partial charge in [-0.15, -0.1) is 0 Å². The maximum Gasteiger partial charge on any atom is 0.224 e. The number of pyridine rings is 2. The van der Waals surface area contributed by atoms with Gasteiger partial charge in [-0.1, -0.05) is 6.07 Å². The van der Waals surface area contributed by atoms with Crippen molar-refractivity contribution in [3.05, 3.63) is 65.4 Å². The molecule has 0 saturated carbocycles. The Morgan fingerprint density at radius 1 is 1.20 bits per heavy atom. The molecule has 1 atom stereocenters. The maximum absolute atomic E-state index is 12.9. The number of aryl methyl sites for hydroxylation is 4. The summed E-state index contributed by atoms with van der Waals surface area (Å²) in [6, 6.07) is 9.99. The summed E-state index contributed by atoms with van der Waals surface area (Å²) in [7, 11) is 0. The molecule has 0 spiro atoms. The predicted molar refractivity (Wildman–Crippen MR) is 116 cm³/mol. The molecule has 156 valence electrons. The van der Waals surface area contributed by atoms with Crippen molar-refractivity contribution in [2.75, 3.05) is 11.9 Å². The summed E-state index contributed by atoms with van der Waals surface area (Å²) in [4.78, 5) is 24.1. The third-order valence-corrected chi connectivity index (χ3v) is 5.49. The van der Waals surface area contributed by atoms with E-state index in [1.54, 1.807) is 6.20 Å². The van der Waals surface area contributed by atoms with Gasteiger partial charge in [0, 0.05) is 43.3 Å². The summed E-state index contributed by atoms with van der Waals surface area (Å²) in [5, 5.41) is 7.78. The van der Waals surface area contributed by atoms with Crippen LogP contribution in [-0.4, -0.2) is 37.1 Å². The molecule has 3 aromatic rings. The fourth-order valence-electron chi connectivity index (χ4n) is 4.00. The summed E-state index contributed by atoms with van der Waals surface area (Å²) in [6.07, 6.45) is 6.08. The Balaban J connectivity index is 1.49. The van der Waals surface area contributed by atoms with Crippen LogP contribution in [0.15, 0.2) is 42.7 Å². The van der Waals surface area contributed by atoms with Gasteiger partial charge in [0.2, 0.25) is 5.91 Å². The summed E-state index contributed by atoms with van der Waals surface area (Å²) >= 11 is 0. The molecule has 0 unspecified atom stereocenters. The molecule has 7 heteroatoms. The van der Waals surface area contributed by atoms with E-state index in [9.17, 15) is 4.79 Å². The highest BCUT2D eigenvalue weighted by atomic mass is 16.2. The molecule has 4 heterocycles. The Bertz CT molecular complexity index is 1040. The Morgan fingerprint density at radius 3 is 2.83 bits per heavy atom. The highest BCUT2D eigenvalue weighted by molar-refractivity contribution is 5.77. The van der Waals surface area contributed by atoms with Gasteiger partial charge < -0.3 is 10.2 Å². The topological polar surface area (TPSA) is 75.9 Å². The number of anilines is 2. The van der Waals surface area contributed by atoms with Crippen molar-refractivity contribution in [1.82, 2.24) is 24.6 Å². The fraction of sp³-hybridized carbons (Fsp3) is 0.391. The number of amides is 1. The molecular formula is C23H28N6O. The van der Waals surface area contributed by atoms with E-state index in [2.05, 4.69) is 15.4 Å². The molecule has 1 amide bonds. The van der Waals surface area contributed by atoms with Crippen molar-refractivity contribution in [2.45, 2.75) is 52.6 Å². The van der Waals surface area contributed by atoms with Crippen molar-refractivity contribution in [1.29, 1.82) is 0 Å². The zero-order chi connectivity index (χ0) is 21.1. The van der Waals surface area contributed by atoms with Crippen molar-refractivity contribution < 1.29 is 4.79 Å². The first-order valence-corrected chi connectivity index (χ1v) is 10.5. The quantitative estimate of drug-likeness (QED) is 0.669. The van der Waals surface area contributed by atoms with Crippen LogP contribution in [0.4, 0.5) is 11.5 Å². The SMILES string of the molecule is Cc1cc(Nc2ncccc2C)cc([C@H]2CCCN2C(=O)CCn2ccc(C)n2)n1. The second kappa shape index (κ2) is 8.65. The fourth-order valence-corrected chi connectivity index (χ4v) is 4.00. The van der Waals surface area contributed by atoms with Crippen LogP contribution in [0.2, 0.25) is 0 Å². The summed E-state index contributed by atoms with van der Waals surface area (Å²) in [5.74, 6) is 0.993. The Labute approximate surface area is 177 Å². The van der Waals surface area contributed by atoms with Crippen LogP contribution >= 0.6 is 0 Å². The van der Waals surface area contributed by atoms with Crippen molar-refractivity contribution >= 4 is 17.4 Å². The molecule has 1 aliphatic rings. The predicted octanol–water partition coefficient (Wildman–Crippen LogP) is 4.10. The van der Waals surface area contributed by atoms with Crippen LogP contribution in [0.1, 0.15) is 47.9 Å². The number of hydrogen-bond acceptors (Lipinski definition) is 5. The number of nitrogens with one attached hydrogen (secondary N) is 1. The van der Waals surface area contributed by atoms with E-state index < -0.39 is 0 Å². The van der Waals surface area contributed by atoms with Crippen LogP contribution in [0, 0.1) is 20.8 Å². The van der Waals surface area contributed by atoms with Gasteiger partial charge in [0.25, 0.3) is 0 Å². The van der Waals surface area contributed by atoms with Gasteiger partial charge in [-0.2, -0.15) is 5.10 Å². The number of nitrogens with zero attached hydrogens (tertiary/aromatic N) is 5. The van der Waals surface area contributed by atoms with E-state index in [0.29, 0.717) is 13.0 Å². The van der Waals surface area contributed by atoms with Gasteiger partial charge in [-0.3, -0.25) is 14.5 Å². The van der Waals surface area contributed by atoms with E-state index in [0.717, 1.165) is 53.5 Å². The smallest absolute Gasteiger partial charge is 0.224 e. The molecule has 1 N–H and O–H groups in total. The average molecular weight is 405 g/mol. The molecule has 7 nitrogen and oxygen atoms in total.